The van der Waals surface area contributed by atoms with Gasteiger partial charge in [0.05, 0.1) is 0 Å². The van der Waals surface area contributed by atoms with Gasteiger partial charge in [0.2, 0.25) is 11.8 Å². The molecule has 0 bridgehead atoms. The molecular weight excluding hydrogens is 254 g/mol. The number of nitrogens with two attached hydrogens (primary N) is 1. The molecule has 0 fully saturated rings. The maximum absolute atomic E-state index is 11.6. The first-order valence-corrected chi connectivity index (χ1v) is 6.40. The number of hydrogen-bond donors (Lipinski definition) is 2. The Balaban J connectivity index is 0. The van der Waals surface area contributed by atoms with Gasteiger partial charge in [0.25, 0.3) is 0 Å². The van der Waals surface area contributed by atoms with Crippen molar-refractivity contribution in [3.05, 3.63) is 0 Å². The van der Waals surface area contributed by atoms with Crippen LogP contribution in [-0.4, -0.2) is 42.9 Å². The van der Waals surface area contributed by atoms with Crippen molar-refractivity contribution >= 4 is 24.2 Å². The van der Waals surface area contributed by atoms with Crippen LogP contribution in [0.2, 0.25) is 0 Å². The smallest absolute Gasteiger partial charge is 0.223 e. The van der Waals surface area contributed by atoms with E-state index in [9.17, 15) is 9.59 Å². The summed E-state index contributed by atoms with van der Waals surface area (Å²) in [5.41, 5.74) is 5.34. The number of rotatable bonds is 9. The topological polar surface area (TPSA) is 75.4 Å². The number of nitrogens with zero attached hydrogens (tertiary/aromatic N) is 1. The Hall–Kier alpha value is -0.810. The van der Waals surface area contributed by atoms with Crippen LogP contribution in [0.25, 0.3) is 0 Å². The summed E-state index contributed by atoms with van der Waals surface area (Å²) in [6, 6.07) is 0. The van der Waals surface area contributed by atoms with E-state index in [-0.39, 0.29) is 30.6 Å². The van der Waals surface area contributed by atoms with Crippen molar-refractivity contribution in [1.29, 1.82) is 0 Å². The van der Waals surface area contributed by atoms with Crippen molar-refractivity contribution in [3.8, 4) is 0 Å². The monoisotopic (exact) mass is 279 g/mol. The van der Waals surface area contributed by atoms with Gasteiger partial charge in [-0.15, -0.1) is 12.4 Å². The average molecular weight is 280 g/mol. The highest BCUT2D eigenvalue weighted by Crippen LogP contribution is 1.98. The number of carbonyl (C=O) groups is 2. The second-order valence-electron chi connectivity index (χ2n) is 3.91. The fraction of sp³-hybridized carbons (Fsp3) is 0.833. The van der Waals surface area contributed by atoms with Crippen molar-refractivity contribution in [1.82, 2.24) is 10.2 Å². The van der Waals surface area contributed by atoms with Gasteiger partial charge in [0.15, 0.2) is 0 Å². The molecule has 2 amide bonds. The third-order valence-electron chi connectivity index (χ3n) is 2.64. The van der Waals surface area contributed by atoms with E-state index in [1.165, 1.54) is 0 Å². The molecule has 0 aliphatic heterocycles. The van der Waals surface area contributed by atoms with E-state index in [1.54, 1.807) is 4.90 Å². The van der Waals surface area contributed by atoms with Gasteiger partial charge < -0.3 is 16.0 Å². The summed E-state index contributed by atoms with van der Waals surface area (Å²) in [5, 5.41) is 2.78. The zero-order chi connectivity index (χ0) is 13.1. The Bertz CT molecular complexity index is 233. The van der Waals surface area contributed by atoms with E-state index in [0.29, 0.717) is 32.6 Å². The fourth-order valence-electron chi connectivity index (χ4n) is 1.54. The maximum Gasteiger partial charge on any atom is 0.223 e. The van der Waals surface area contributed by atoms with E-state index in [4.69, 9.17) is 5.73 Å². The number of hydrogen-bond acceptors (Lipinski definition) is 3. The van der Waals surface area contributed by atoms with Crippen LogP contribution in [0.1, 0.15) is 39.5 Å². The molecule has 0 saturated heterocycles. The Kier molecular flexibility index (Phi) is 13.7. The summed E-state index contributed by atoms with van der Waals surface area (Å²) in [7, 11) is 0. The van der Waals surface area contributed by atoms with Gasteiger partial charge in [0.1, 0.15) is 0 Å². The summed E-state index contributed by atoms with van der Waals surface area (Å²) in [5.74, 6) is -0.00497. The van der Waals surface area contributed by atoms with Crippen molar-refractivity contribution in [2.75, 3.05) is 26.2 Å². The van der Waals surface area contributed by atoms with Crippen LogP contribution in [0.3, 0.4) is 0 Å². The first-order chi connectivity index (χ1) is 8.15. The zero-order valence-electron chi connectivity index (χ0n) is 11.4. The molecule has 0 aliphatic carbocycles. The van der Waals surface area contributed by atoms with Gasteiger partial charge in [-0.25, -0.2) is 0 Å². The van der Waals surface area contributed by atoms with E-state index >= 15 is 0 Å². The van der Waals surface area contributed by atoms with Crippen LogP contribution < -0.4 is 11.1 Å². The molecule has 0 rings (SSSR count). The molecule has 18 heavy (non-hydrogen) atoms. The van der Waals surface area contributed by atoms with Gasteiger partial charge in [-0.1, -0.05) is 0 Å². The summed E-state index contributed by atoms with van der Waals surface area (Å²) in [6.45, 7) is 6.58. The minimum atomic E-state index is -0.0532. The molecule has 0 aromatic rings. The third-order valence-corrected chi connectivity index (χ3v) is 2.64. The van der Waals surface area contributed by atoms with Crippen LogP contribution in [0.5, 0.6) is 0 Å². The molecule has 0 unspecified atom stereocenters. The van der Waals surface area contributed by atoms with Crippen molar-refractivity contribution in [2.45, 2.75) is 39.5 Å². The van der Waals surface area contributed by atoms with Gasteiger partial charge in [-0.05, 0) is 33.2 Å². The Morgan fingerprint density at radius 1 is 1.11 bits per heavy atom. The molecule has 108 valence electrons. The van der Waals surface area contributed by atoms with Crippen molar-refractivity contribution < 1.29 is 9.59 Å². The predicted octanol–water partition coefficient (Wildman–Crippen LogP) is 0.912. The van der Waals surface area contributed by atoms with E-state index in [0.717, 1.165) is 12.8 Å². The zero-order valence-corrected chi connectivity index (χ0v) is 12.2. The standard InChI is InChI=1S/C12H25N3O2.ClH/c1-3-15(4-2)12(17)8-7-11(16)14-10-6-5-9-13;/h3-10,13H2,1-2H3,(H,14,16);1H. The molecule has 6 heteroatoms. The number of amides is 2. The first kappa shape index (κ1) is 19.5. The molecule has 0 aliphatic rings. The number of halogens is 1. The Morgan fingerprint density at radius 3 is 2.22 bits per heavy atom. The highest BCUT2D eigenvalue weighted by molar-refractivity contribution is 5.85. The summed E-state index contributed by atoms with van der Waals surface area (Å²) < 4.78 is 0. The molecule has 3 N–H and O–H groups in total. The highest BCUT2D eigenvalue weighted by Gasteiger charge is 2.11. The fourth-order valence-corrected chi connectivity index (χ4v) is 1.54. The highest BCUT2D eigenvalue weighted by atomic mass is 35.5. The summed E-state index contributed by atoms with van der Waals surface area (Å²) in [6.07, 6.45) is 2.38. The van der Waals surface area contributed by atoms with Crippen LogP contribution in [0.15, 0.2) is 0 Å². The maximum atomic E-state index is 11.6. The minimum Gasteiger partial charge on any atom is -0.356 e. The average Bonchev–Trinajstić information content (AvgIpc) is 2.33. The van der Waals surface area contributed by atoms with Gasteiger partial charge >= 0.3 is 0 Å². The Labute approximate surface area is 116 Å². The molecule has 0 heterocycles. The molecular formula is C12H26ClN3O2. The lowest BCUT2D eigenvalue weighted by Gasteiger charge is -2.18. The van der Waals surface area contributed by atoms with Gasteiger partial charge in [-0.3, -0.25) is 9.59 Å². The lowest BCUT2D eigenvalue weighted by molar-refractivity contribution is -0.133. The third kappa shape index (κ3) is 9.24. The Morgan fingerprint density at radius 2 is 1.72 bits per heavy atom. The molecule has 0 spiro atoms. The second kappa shape index (κ2) is 12.6. The van der Waals surface area contributed by atoms with E-state index in [1.807, 2.05) is 13.8 Å². The summed E-state index contributed by atoms with van der Waals surface area (Å²) in [4.78, 5) is 24.8. The van der Waals surface area contributed by atoms with Crippen molar-refractivity contribution in [3.63, 3.8) is 0 Å². The van der Waals surface area contributed by atoms with E-state index in [2.05, 4.69) is 5.32 Å². The largest absolute Gasteiger partial charge is 0.356 e. The second-order valence-corrected chi connectivity index (χ2v) is 3.91. The lowest BCUT2D eigenvalue weighted by Crippen LogP contribution is -2.32. The number of carbonyl (C=O) groups excluding carboxylic acids is 2. The minimum absolute atomic E-state index is 0. The quantitative estimate of drug-likeness (QED) is 0.616. The normalized spacial score (nSPS) is 9.50. The van der Waals surface area contributed by atoms with Crippen molar-refractivity contribution in [2.24, 2.45) is 5.73 Å². The van der Waals surface area contributed by atoms with E-state index < -0.39 is 0 Å². The van der Waals surface area contributed by atoms with Crippen LogP contribution in [0, 0.1) is 0 Å². The molecule has 0 atom stereocenters. The SMILES string of the molecule is CCN(CC)C(=O)CCC(=O)NCCCCN.Cl. The lowest BCUT2D eigenvalue weighted by atomic mass is 10.2. The molecule has 0 radical (unpaired) electrons. The first-order valence-electron chi connectivity index (χ1n) is 6.40. The van der Waals surface area contributed by atoms with Crippen LogP contribution >= 0.6 is 12.4 Å². The number of unbranched alkanes of at least 4 members (excludes halogenated alkanes) is 1. The molecule has 0 aromatic heterocycles. The van der Waals surface area contributed by atoms with Crippen LogP contribution in [0.4, 0.5) is 0 Å². The molecule has 0 saturated carbocycles. The number of nitrogens with one attached hydrogen (secondary N) is 1. The predicted molar refractivity (Wildman–Crippen MR) is 75.7 cm³/mol. The molecule has 0 aromatic carbocycles. The summed E-state index contributed by atoms with van der Waals surface area (Å²) >= 11 is 0. The van der Waals surface area contributed by atoms with Gasteiger partial charge in [0, 0.05) is 32.5 Å². The molecule has 5 nitrogen and oxygen atoms in total. The van der Waals surface area contributed by atoms with Crippen LogP contribution in [-0.2, 0) is 9.59 Å². The van der Waals surface area contributed by atoms with Gasteiger partial charge in [-0.2, -0.15) is 0 Å².